The molecule has 0 bridgehead atoms. The minimum absolute atomic E-state index is 0.00245. The van der Waals surface area contributed by atoms with Gasteiger partial charge in [-0.25, -0.2) is 15.0 Å². The average Bonchev–Trinajstić information content (AvgIpc) is 3.24. The summed E-state index contributed by atoms with van der Waals surface area (Å²) >= 11 is 0. The zero-order valence-corrected chi connectivity index (χ0v) is 15.4. The Morgan fingerprint density at radius 1 is 1.18 bits per heavy atom. The molecule has 5 atom stereocenters. The molecule has 9 nitrogen and oxygen atoms in total. The number of fused-ring (bicyclic) bond motifs is 1. The number of nitrogens with two attached hydrogens (primary N) is 1. The summed E-state index contributed by atoms with van der Waals surface area (Å²) in [6, 6.07) is 10.0. The number of imidazole rings is 1. The van der Waals surface area contributed by atoms with Gasteiger partial charge in [-0.05, 0) is 12.0 Å². The predicted molar refractivity (Wildman–Crippen MR) is 101 cm³/mol. The van der Waals surface area contributed by atoms with Crippen LogP contribution in [0.1, 0.15) is 30.5 Å². The van der Waals surface area contributed by atoms with Crippen LogP contribution >= 0.6 is 0 Å². The van der Waals surface area contributed by atoms with Crippen molar-refractivity contribution >= 4 is 17.0 Å². The molecule has 0 saturated carbocycles. The van der Waals surface area contributed by atoms with Crippen molar-refractivity contribution in [3.8, 4) is 0 Å². The molecule has 1 saturated heterocycles. The van der Waals surface area contributed by atoms with E-state index in [0.29, 0.717) is 17.0 Å². The van der Waals surface area contributed by atoms with Gasteiger partial charge in [0.25, 0.3) is 0 Å². The summed E-state index contributed by atoms with van der Waals surface area (Å²) < 4.78 is 7.12. The number of benzene rings is 1. The van der Waals surface area contributed by atoms with Crippen molar-refractivity contribution in [1.82, 2.24) is 19.5 Å². The minimum Gasteiger partial charge on any atom is -0.394 e. The number of anilines is 1. The van der Waals surface area contributed by atoms with Crippen molar-refractivity contribution in [1.29, 1.82) is 0 Å². The number of hydrogen-bond donors (Lipinski definition) is 4. The van der Waals surface area contributed by atoms with Gasteiger partial charge in [0.1, 0.15) is 29.7 Å². The van der Waals surface area contributed by atoms with Crippen LogP contribution in [0.4, 0.5) is 5.82 Å². The Morgan fingerprint density at radius 3 is 2.61 bits per heavy atom. The van der Waals surface area contributed by atoms with Crippen LogP contribution in [0.15, 0.2) is 36.7 Å². The SMILES string of the molecule is CC(Cc1ccccc1)c1nc(N)c2ncn([C@@H]3O[C@H](CO)C(O)C3O)c2n1. The first kappa shape index (κ1) is 18.8. The average molecular weight is 385 g/mol. The molecule has 1 aliphatic rings. The van der Waals surface area contributed by atoms with E-state index in [-0.39, 0.29) is 11.7 Å². The Labute approximate surface area is 161 Å². The summed E-state index contributed by atoms with van der Waals surface area (Å²) in [5.74, 6) is 0.801. The number of rotatable bonds is 5. The van der Waals surface area contributed by atoms with E-state index in [4.69, 9.17) is 10.5 Å². The van der Waals surface area contributed by atoms with Gasteiger partial charge in [-0.2, -0.15) is 0 Å². The summed E-state index contributed by atoms with van der Waals surface area (Å²) in [5, 5.41) is 29.7. The molecule has 4 rings (SSSR count). The van der Waals surface area contributed by atoms with E-state index in [1.807, 2.05) is 37.3 Å². The molecule has 148 valence electrons. The summed E-state index contributed by atoms with van der Waals surface area (Å²) in [4.78, 5) is 13.3. The third kappa shape index (κ3) is 3.22. The van der Waals surface area contributed by atoms with Crippen LogP contribution in [0, 0.1) is 0 Å². The number of nitrogen functional groups attached to an aromatic ring is 1. The number of ether oxygens (including phenoxy) is 1. The topological polar surface area (TPSA) is 140 Å². The highest BCUT2D eigenvalue weighted by Crippen LogP contribution is 2.32. The van der Waals surface area contributed by atoms with Gasteiger partial charge in [-0.15, -0.1) is 0 Å². The van der Waals surface area contributed by atoms with E-state index in [2.05, 4.69) is 15.0 Å². The van der Waals surface area contributed by atoms with Crippen molar-refractivity contribution < 1.29 is 20.1 Å². The Morgan fingerprint density at radius 2 is 1.93 bits per heavy atom. The third-order valence-electron chi connectivity index (χ3n) is 5.08. The Kier molecular flexibility index (Phi) is 4.98. The van der Waals surface area contributed by atoms with E-state index in [1.54, 1.807) is 0 Å². The maximum Gasteiger partial charge on any atom is 0.167 e. The first-order valence-corrected chi connectivity index (χ1v) is 9.16. The lowest BCUT2D eigenvalue weighted by molar-refractivity contribution is -0.0511. The van der Waals surface area contributed by atoms with Crippen LogP contribution in [0.2, 0.25) is 0 Å². The second kappa shape index (κ2) is 7.44. The van der Waals surface area contributed by atoms with Crippen LogP contribution in [0.3, 0.4) is 0 Å². The lowest BCUT2D eigenvalue weighted by Crippen LogP contribution is -2.33. The number of nitrogens with zero attached hydrogens (tertiary/aromatic N) is 4. The van der Waals surface area contributed by atoms with Crippen molar-refractivity contribution in [2.24, 2.45) is 0 Å². The summed E-state index contributed by atoms with van der Waals surface area (Å²) in [5.41, 5.74) is 8.07. The van der Waals surface area contributed by atoms with Crippen molar-refractivity contribution in [3.63, 3.8) is 0 Å². The Bertz CT molecular complexity index is 964. The third-order valence-corrected chi connectivity index (χ3v) is 5.08. The molecule has 0 spiro atoms. The molecule has 0 radical (unpaired) electrons. The van der Waals surface area contributed by atoms with Crippen LogP contribution in [0.5, 0.6) is 0 Å². The molecule has 0 amide bonds. The minimum atomic E-state index is -1.23. The number of aliphatic hydroxyl groups excluding tert-OH is 3. The molecule has 9 heteroatoms. The van der Waals surface area contributed by atoms with Gasteiger partial charge >= 0.3 is 0 Å². The van der Waals surface area contributed by atoms with Crippen LogP contribution in [-0.4, -0.2) is 59.8 Å². The molecular weight excluding hydrogens is 362 g/mol. The maximum atomic E-state index is 10.3. The molecule has 0 aliphatic carbocycles. The largest absolute Gasteiger partial charge is 0.394 e. The first-order chi connectivity index (χ1) is 13.5. The molecule has 28 heavy (non-hydrogen) atoms. The monoisotopic (exact) mass is 385 g/mol. The van der Waals surface area contributed by atoms with Crippen LogP contribution in [-0.2, 0) is 11.2 Å². The fourth-order valence-electron chi connectivity index (χ4n) is 3.53. The normalized spacial score (nSPS) is 26.0. The van der Waals surface area contributed by atoms with Crippen molar-refractivity contribution in [2.75, 3.05) is 12.3 Å². The van der Waals surface area contributed by atoms with E-state index in [1.165, 1.54) is 10.9 Å². The lowest BCUT2D eigenvalue weighted by Gasteiger charge is -2.17. The van der Waals surface area contributed by atoms with Gasteiger partial charge in [0.15, 0.2) is 17.7 Å². The van der Waals surface area contributed by atoms with Gasteiger partial charge in [0.05, 0.1) is 12.9 Å². The lowest BCUT2D eigenvalue weighted by atomic mass is 10.0. The molecule has 3 heterocycles. The summed E-state index contributed by atoms with van der Waals surface area (Å²) in [6.45, 7) is 1.61. The zero-order chi connectivity index (χ0) is 19.8. The van der Waals surface area contributed by atoms with E-state index >= 15 is 0 Å². The van der Waals surface area contributed by atoms with Gasteiger partial charge in [0.2, 0.25) is 0 Å². The smallest absolute Gasteiger partial charge is 0.167 e. The van der Waals surface area contributed by atoms with Crippen LogP contribution < -0.4 is 5.73 Å². The quantitative estimate of drug-likeness (QED) is 0.494. The van der Waals surface area contributed by atoms with Crippen molar-refractivity contribution in [2.45, 2.75) is 43.8 Å². The Hall–Kier alpha value is -2.59. The molecule has 2 aromatic heterocycles. The van der Waals surface area contributed by atoms with E-state index in [9.17, 15) is 15.3 Å². The fraction of sp³-hybridized carbons (Fsp3) is 0.421. The van der Waals surface area contributed by atoms with Crippen molar-refractivity contribution in [3.05, 3.63) is 48.0 Å². The molecule has 5 N–H and O–H groups in total. The fourth-order valence-corrected chi connectivity index (χ4v) is 3.53. The number of aliphatic hydroxyl groups is 3. The Balaban J connectivity index is 1.69. The second-order valence-corrected chi connectivity index (χ2v) is 7.11. The molecule has 3 aromatic rings. The van der Waals surface area contributed by atoms with E-state index in [0.717, 1.165) is 12.0 Å². The van der Waals surface area contributed by atoms with E-state index < -0.39 is 31.1 Å². The van der Waals surface area contributed by atoms with Gasteiger partial charge < -0.3 is 25.8 Å². The standard InChI is InChI=1S/C19H23N5O4/c1-10(7-11-5-3-2-4-6-11)17-22-16(20)13-18(23-17)24(9-21-13)19-15(27)14(26)12(8-25)28-19/h2-6,9-10,12,14-15,19,25-27H,7-8H2,1H3,(H2,20,22,23)/t10?,12-,14?,15?,19-/m1/s1. The van der Waals surface area contributed by atoms with Gasteiger partial charge in [-0.3, -0.25) is 4.57 Å². The maximum absolute atomic E-state index is 10.3. The second-order valence-electron chi connectivity index (χ2n) is 7.11. The van der Waals surface area contributed by atoms with Crippen LogP contribution in [0.25, 0.3) is 11.2 Å². The van der Waals surface area contributed by atoms with Gasteiger partial charge in [-0.1, -0.05) is 37.3 Å². The summed E-state index contributed by atoms with van der Waals surface area (Å²) in [7, 11) is 0. The molecule has 1 aliphatic heterocycles. The van der Waals surface area contributed by atoms with Gasteiger partial charge in [0, 0.05) is 5.92 Å². The summed E-state index contributed by atoms with van der Waals surface area (Å²) in [6.07, 6.45) is -2.05. The molecule has 1 fully saturated rings. The first-order valence-electron chi connectivity index (χ1n) is 9.16. The predicted octanol–water partition coefficient (Wildman–Crippen LogP) is 0.366. The highest BCUT2D eigenvalue weighted by Gasteiger charge is 2.44. The highest BCUT2D eigenvalue weighted by atomic mass is 16.6. The zero-order valence-electron chi connectivity index (χ0n) is 15.4. The molecule has 3 unspecified atom stereocenters. The molecular formula is C19H23N5O4. The highest BCUT2D eigenvalue weighted by molar-refractivity contribution is 5.81. The number of aromatic nitrogens is 4. The molecule has 1 aromatic carbocycles. The number of hydrogen-bond acceptors (Lipinski definition) is 8.